The maximum atomic E-state index is 12.4. The number of amides is 1. The standard InChI is InChI=1S/C15H19N3O5S/c1-15(7-9-24(20,21)10-15)18(2)13(19)6-5-12-16-14(17-23-12)11-4-3-8-22-11/h3-4,8H,5-7,9-10H2,1-2H3. The van der Waals surface area contributed by atoms with Crippen molar-refractivity contribution >= 4 is 15.7 Å². The van der Waals surface area contributed by atoms with Crippen molar-refractivity contribution in [2.45, 2.75) is 31.7 Å². The normalized spacial score (nSPS) is 22.6. The Morgan fingerprint density at radius 2 is 2.25 bits per heavy atom. The van der Waals surface area contributed by atoms with Gasteiger partial charge in [-0.15, -0.1) is 0 Å². The minimum atomic E-state index is -3.07. The molecule has 0 N–H and O–H groups in total. The van der Waals surface area contributed by atoms with E-state index in [9.17, 15) is 13.2 Å². The van der Waals surface area contributed by atoms with Gasteiger partial charge in [-0.1, -0.05) is 5.16 Å². The van der Waals surface area contributed by atoms with Gasteiger partial charge in [0.05, 0.1) is 23.3 Å². The molecule has 1 amide bonds. The van der Waals surface area contributed by atoms with E-state index in [1.165, 1.54) is 11.2 Å². The van der Waals surface area contributed by atoms with Crippen molar-refractivity contribution in [1.29, 1.82) is 0 Å². The van der Waals surface area contributed by atoms with Crippen molar-refractivity contribution in [2.75, 3.05) is 18.6 Å². The van der Waals surface area contributed by atoms with Crippen molar-refractivity contribution < 1.29 is 22.2 Å². The molecular formula is C15H19N3O5S. The first kappa shape index (κ1) is 16.7. The summed E-state index contributed by atoms with van der Waals surface area (Å²) in [5, 5.41) is 3.81. The summed E-state index contributed by atoms with van der Waals surface area (Å²) in [6.07, 6.45) is 2.44. The van der Waals surface area contributed by atoms with Crippen LogP contribution in [0.3, 0.4) is 0 Å². The molecule has 24 heavy (non-hydrogen) atoms. The zero-order valence-electron chi connectivity index (χ0n) is 13.6. The van der Waals surface area contributed by atoms with Crippen LogP contribution >= 0.6 is 0 Å². The largest absolute Gasteiger partial charge is 0.461 e. The third-order valence-corrected chi connectivity index (χ3v) is 6.32. The van der Waals surface area contributed by atoms with Gasteiger partial charge in [-0.05, 0) is 25.5 Å². The molecule has 1 saturated heterocycles. The number of aromatic nitrogens is 2. The number of carbonyl (C=O) groups excluding carboxylic acids is 1. The Balaban J connectivity index is 1.60. The number of sulfone groups is 1. The lowest BCUT2D eigenvalue weighted by atomic mass is 9.99. The molecule has 2 aromatic heterocycles. The van der Waals surface area contributed by atoms with E-state index in [1.807, 2.05) is 0 Å². The van der Waals surface area contributed by atoms with Gasteiger partial charge in [-0.3, -0.25) is 4.79 Å². The first-order valence-electron chi connectivity index (χ1n) is 7.63. The Labute approximate surface area is 139 Å². The van der Waals surface area contributed by atoms with Crippen LogP contribution in [-0.2, 0) is 21.1 Å². The Morgan fingerprint density at radius 3 is 2.88 bits per heavy atom. The molecule has 0 radical (unpaired) electrons. The van der Waals surface area contributed by atoms with Crippen LogP contribution in [-0.4, -0.2) is 53.5 Å². The van der Waals surface area contributed by atoms with Crippen LogP contribution < -0.4 is 0 Å². The summed E-state index contributed by atoms with van der Waals surface area (Å²) >= 11 is 0. The Morgan fingerprint density at radius 1 is 1.46 bits per heavy atom. The van der Waals surface area contributed by atoms with E-state index in [4.69, 9.17) is 8.94 Å². The molecule has 1 fully saturated rings. The molecule has 3 rings (SSSR count). The van der Waals surface area contributed by atoms with Gasteiger partial charge in [-0.2, -0.15) is 4.98 Å². The van der Waals surface area contributed by atoms with Gasteiger partial charge >= 0.3 is 0 Å². The van der Waals surface area contributed by atoms with Gasteiger partial charge in [0.1, 0.15) is 0 Å². The lowest BCUT2D eigenvalue weighted by Crippen LogP contribution is -2.48. The molecule has 1 aliphatic heterocycles. The van der Waals surface area contributed by atoms with Crippen molar-refractivity contribution in [3.63, 3.8) is 0 Å². The molecule has 3 heterocycles. The molecular weight excluding hydrogens is 334 g/mol. The average molecular weight is 353 g/mol. The molecule has 0 bridgehead atoms. The molecule has 2 aromatic rings. The van der Waals surface area contributed by atoms with Crippen molar-refractivity contribution in [3.05, 3.63) is 24.3 Å². The fourth-order valence-corrected chi connectivity index (χ4v) is 4.98. The molecule has 0 aliphatic carbocycles. The molecule has 0 saturated carbocycles. The highest BCUT2D eigenvalue weighted by molar-refractivity contribution is 7.91. The van der Waals surface area contributed by atoms with Gasteiger partial charge in [0.25, 0.3) is 0 Å². The SMILES string of the molecule is CN(C(=O)CCc1nc(-c2ccco2)no1)C1(C)CCS(=O)(=O)C1. The number of hydrogen-bond acceptors (Lipinski definition) is 7. The third kappa shape index (κ3) is 3.35. The average Bonchev–Trinajstić information content (AvgIpc) is 3.24. The number of nitrogens with zero attached hydrogens (tertiary/aromatic N) is 3. The van der Waals surface area contributed by atoms with E-state index in [1.54, 1.807) is 26.1 Å². The van der Waals surface area contributed by atoms with Crippen LogP contribution in [0.15, 0.2) is 27.3 Å². The van der Waals surface area contributed by atoms with Crippen LogP contribution in [0.1, 0.15) is 25.7 Å². The fraction of sp³-hybridized carbons (Fsp3) is 0.533. The fourth-order valence-electron chi connectivity index (χ4n) is 2.80. The van der Waals surface area contributed by atoms with E-state index in [0.29, 0.717) is 30.3 Å². The van der Waals surface area contributed by atoms with Crippen LogP contribution in [0.2, 0.25) is 0 Å². The maximum absolute atomic E-state index is 12.4. The van der Waals surface area contributed by atoms with Gasteiger partial charge in [0.15, 0.2) is 15.6 Å². The monoisotopic (exact) mass is 353 g/mol. The van der Waals surface area contributed by atoms with Crippen LogP contribution in [0.4, 0.5) is 0 Å². The molecule has 1 unspecified atom stereocenters. The van der Waals surface area contributed by atoms with Crippen molar-refractivity contribution in [1.82, 2.24) is 15.0 Å². The summed E-state index contributed by atoms with van der Waals surface area (Å²) in [6, 6.07) is 3.44. The minimum Gasteiger partial charge on any atom is -0.461 e. The van der Waals surface area contributed by atoms with Crippen LogP contribution in [0.25, 0.3) is 11.6 Å². The van der Waals surface area contributed by atoms with Gasteiger partial charge in [-0.25, -0.2) is 8.42 Å². The summed E-state index contributed by atoms with van der Waals surface area (Å²) in [7, 11) is -1.42. The molecule has 130 valence electrons. The van der Waals surface area contributed by atoms with Crippen LogP contribution in [0, 0.1) is 0 Å². The molecule has 9 heteroatoms. The Kier molecular flexibility index (Phi) is 4.20. The summed E-state index contributed by atoms with van der Waals surface area (Å²) in [4.78, 5) is 18.1. The smallest absolute Gasteiger partial charge is 0.238 e. The predicted octanol–water partition coefficient (Wildman–Crippen LogP) is 1.30. The van der Waals surface area contributed by atoms with Gasteiger partial charge in [0, 0.05) is 19.9 Å². The molecule has 8 nitrogen and oxygen atoms in total. The van der Waals surface area contributed by atoms with Gasteiger partial charge in [0.2, 0.25) is 17.6 Å². The van der Waals surface area contributed by atoms with Gasteiger partial charge < -0.3 is 13.8 Å². The molecule has 1 atom stereocenters. The Bertz CT molecular complexity index is 827. The molecule has 0 aromatic carbocycles. The number of carbonyl (C=O) groups is 1. The van der Waals surface area contributed by atoms with E-state index < -0.39 is 15.4 Å². The molecule has 1 aliphatic rings. The van der Waals surface area contributed by atoms with E-state index >= 15 is 0 Å². The summed E-state index contributed by atoms with van der Waals surface area (Å²) in [6.45, 7) is 1.80. The van der Waals surface area contributed by atoms with Crippen molar-refractivity contribution in [2.24, 2.45) is 0 Å². The number of furan rings is 1. The summed E-state index contributed by atoms with van der Waals surface area (Å²) in [5.41, 5.74) is -0.649. The quantitative estimate of drug-likeness (QED) is 0.797. The Hall–Kier alpha value is -2.16. The number of hydrogen-bond donors (Lipinski definition) is 0. The van der Waals surface area contributed by atoms with Crippen molar-refractivity contribution in [3.8, 4) is 11.6 Å². The zero-order valence-corrected chi connectivity index (χ0v) is 14.4. The second-order valence-electron chi connectivity index (χ2n) is 6.28. The first-order chi connectivity index (χ1) is 11.3. The number of rotatable bonds is 5. The topological polar surface area (TPSA) is 107 Å². The van der Waals surface area contributed by atoms with E-state index in [-0.39, 0.29) is 23.8 Å². The second-order valence-corrected chi connectivity index (χ2v) is 8.46. The highest BCUT2D eigenvalue weighted by Gasteiger charge is 2.43. The first-order valence-corrected chi connectivity index (χ1v) is 9.45. The lowest BCUT2D eigenvalue weighted by molar-refractivity contribution is -0.134. The predicted molar refractivity (Wildman–Crippen MR) is 84.8 cm³/mol. The summed E-state index contributed by atoms with van der Waals surface area (Å²) < 4.78 is 33.7. The molecule has 0 spiro atoms. The third-order valence-electron chi connectivity index (χ3n) is 4.43. The maximum Gasteiger partial charge on any atom is 0.238 e. The highest BCUT2D eigenvalue weighted by atomic mass is 32.2. The highest BCUT2D eigenvalue weighted by Crippen LogP contribution is 2.29. The second kappa shape index (κ2) is 6.04. The lowest BCUT2D eigenvalue weighted by Gasteiger charge is -2.34. The number of aryl methyl sites for hydroxylation is 1. The van der Waals surface area contributed by atoms with E-state index in [0.717, 1.165) is 0 Å². The minimum absolute atomic E-state index is 0.00540. The zero-order chi connectivity index (χ0) is 17.4. The van der Waals surface area contributed by atoms with E-state index in [2.05, 4.69) is 10.1 Å². The summed E-state index contributed by atoms with van der Waals surface area (Å²) in [5.74, 6) is 1.16. The van der Waals surface area contributed by atoms with Crippen LogP contribution in [0.5, 0.6) is 0 Å².